The average molecular weight is 202 g/mol. The molecule has 0 aromatic carbocycles. The number of rotatable bonds is 3. The Bertz CT molecular complexity index is 243. The summed E-state index contributed by atoms with van der Waals surface area (Å²) < 4.78 is 0. The summed E-state index contributed by atoms with van der Waals surface area (Å²) in [5, 5.41) is 18.0. The van der Waals surface area contributed by atoms with Gasteiger partial charge in [0.1, 0.15) is 6.04 Å². The fraction of sp³-hybridized carbons (Fsp3) is 0.750. The minimum Gasteiger partial charge on any atom is -0.480 e. The lowest BCUT2D eigenvalue weighted by Crippen LogP contribution is -2.41. The first-order valence-electron chi connectivity index (χ1n) is 4.46. The lowest BCUT2D eigenvalue weighted by Gasteiger charge is -2.20. The Kier molecular flexibility index (Phi) is 3.43. The van der Waals surface area contributed by atoms with Crippen molar-refractivity contribution in [3.63, 3.8) is 0 Å². The summed E-state index contributed by atoms with van der Waals surface area (Å²) in [4.78, 5) is 23.3. The highest BCUT2D eigenvalue weighted by Gasteiger charge is 2.38. The smallest absolute Gasteiger partial charge is 0.326 e. The standard InChI is InChI=1S/C8H14N2O4/c9-2-1-7(12)10-4-5(11)3-6(10)8(13)14/h5-6,11H,1-4,9H2,(H,13,14)/t5?,6-/m0/s1. The minimum atomic E-state index is -1.08. The fourth-order valence-corrected chi connectivity index (χ4v) is 1.59. The van der Waals surface area contributed by atoms with E-state index >= 15 is 0 Å². The van der Waals surface area contributed by atoms with E-state index in [2.05, 4.69) is 0 Å². The van der Waals surface area contributed by atoms with Crippen molar-refractivity contribution in [2.24, 2.45) is 5.73 Å². The first kappa shape index (κ1) is 10.9. The summed E-state index contributed by atoms with van der Waals surface area (Å²) >= 11 is 0. The number of nitrogens with two attached hydrogens (primary N) is 1. The summed E-state index contributed by atoms with van der Waals surface area (Å²) in [6.45, 7) is 0.285. The van der Waals surface area contributed by atoms with Crippen LogP contribution in [0.1, 0.15) is 12.8 Å². The lowest BCUT2D eigenvalue weighted by atomic mass is 10.2. The molecule has 1 amide bonds. The van der Waals surface area contributed by atoms with Crippen LogP contribution in [0.5, 0.6) is 0 Å². The largest absolute Gasteiger partial charge is 0.480 e. The molecule has 1 aliphatic rings. The third-order valence-electron chi connectivity index (χ3n) is 2.24. The summed E-state index contributed by atoms with van der Waals surface area (Å²) in [6.07, 6.45) is -0.514. The molecule has 1 rings (SSSR count). The number of carboxylic acid groups (broad SMARTS) is 1. The van der Waals surface area contributed by atoms with Gasteiger partial charge in [-0.3, -0.25) is 4.79 Å². The number of amides is 1. The molecule has 0 saturated carbocycles. The minimum absolute atomic E-state index is 0.0931. The third-order valence-corrected chi connectivity index (χ3v) is 2.24. The van der Waals surface area contributed by atoms with Crippen LogP contribution in [-0.2, 0) is 9.59 Å². The van der Waals surface area contributed by atoms with E-state index in [1.165, 1.54) is 4.90 Å². The van der Waals surface area contributed by atoms with Gasteiger partial charge in [-0.25, -0.2) is 4.79 Å². The SMILES string of the molecule is NCCC(=O)N1CC(O)C[C@H]1C(=O)O. The summed E-state index contributed by atoms with van der Waals surface area (Å²) in [5.74, 6) is -1.39. The highest BCUT2D eigenvalue weighted by atomic mass is 16.4. The molecule has 1 unspecified atom stereocenters. The molecule has 1 saturated heterocycles. The predicted molar refractivity (Wildman–Crippen MR) is 47.4 cm³/mol. The molecule has 2 atom stereocenters. The Hall–Kier alpha value is -1.14. The summed E-state index contributed by atoms with van der Waals surface area (Å²) in [6, 6.07) is -0.899. The second-order valence-corrected chi connectivity index (χ2v) is 3.33. The van der Waals surface area contributed by atoms with Gasteiger partial charge in [0, 0.05) is 25.9 Å². The van der Waals surface area contributed by atoms with E-state index in [1.54, 1.807) is 0 Å². The number of β-amino-alcohol motifs (C(OH)–C–C–N with tert-alkyl or cyclic N) is 1. The Labute approximate surface area is 81.3 Å². The number of aliphatic hydroxyl groups is 1. The quantitative estimate of drug-likeness (QED) is 0.510. The van der Waals surface area contributed by atoms with Crippen molar-refractivity contribution in [1.29, 1.82) is 0 Å². The van der Waals surface area contributed by atoms with Crippen LogP contribution in [-0.4, -0.2) is 52.2 Å². The Morgan fingerprint density at radius 1 is 1.50 bits per heavy atom. The van der Waals surface area contributed by atoms with Gasteiger partial charge in [-0.1, -0.05) is 0 Å². The second-order valence-electron chi connectivity index (χ2n) is 3.33. The molecule has 4 N–H and O–H groups in total. The zero-order valence-electron chi connectivity index (χ0n) is 7.72. The average Bonchev–Trinajstić information content (AvgIpc) is 2.48. The maximum absolute atomic E-state index is 11.4. The van der Waals surface area contributed by atoms with Crippen LogP contribution >= 0.6 is 0 Å². The van der Waals surface area contributed by atoms with Crippen molar-refractivity contribution < 1.29 is 19.8 Å². The van der Waals surface area contributed by atoms with Crippen molar-refractivity contribution in [2.75, 3.05) is 13.1 Å². The van der Waals surface area contributed by atoms with Crippen molar-refractivity contribution in [3.05, 3.63) is 0 Å². The first-order valence-corrected chi connectivity index (χ1v) is 4.46. The number of hydrogen-bond donors (Lipinski definition) is 3. The highest BCUT2D eigenvalue weighted by Crippen LogP contribution is 2.18. The number of aliphatic hydroxyl groups excluding tert-OH is 1. The van der Waals surface area contributed by atoms with E-state index in [9.17, 15) is 14.7 Å². The zero-order chi connectivity index (χ0) is 10.7. The second kappa shape index (κ2) is 4.39. The summed E-state index contributed by atoms with van der Waals surface area (Å²) in [5.41, 5.74) is 5.20. The van der Waals surface area contributed by atoms with E-state index in [-0.39, 0.29) is 31.8 Å². The number of nitrogens with zero attached hydrogens (tertiary/aromatic N) is 1. The number of hydrogen-bond acceptors (Lipinski definition) is 4. The molecule has 0 bridgehead atoms. The highest BCUT2D eigenvalue weighted by molar-refractivity contribution is 5.84. The molecule has 80 valence electrons. The van der Waals surface area contributed by atoms with Gasteiger partial charge in [-0.05, 0) is 0 Å². The molecule has 1 aliphatic heterocycles. The Morgan fingerprint density at radius 3 is 2.64 bits per heavy atom. The number of aliphatic carboxylic acids is 1. The maximum Gasteiger partial charge on any atom is 0.326 e. The predicted octanol–water partition coefficient (Wildman–Crippen LogP) is -1.62. The molecule has 14 heavy (non-hydrogen) atoms. The molecule has 1 heterocycles. The Balaban J connectivity index is 2.66. The summed E-state index contributed by atoms with van der Waals surface area (Å²) in [7, 11) is 0. The molecule has 0 aliphatic carbocycles. The van der Waals surface area contributed by atoms with Crippen molar-refractivity contribution >= 4 is 11.9 Å². The number of carboxylic acids is 1. The van der Waals surface area contributed by atoms with Gasteiger partial charge in [-0.2, -0.15) is 0 Å². The molecule has 0 aromatic rings. The number of carbonyl (C=O) groups is 2. The fourth-order valence-electron chi connectivity index (χ4n) is 1.59. The van der Waals surface area contributed by atoms with Gasteiger partial charge in [0.05, 0.1) is 6.10 Å². The van der Waals surface area contributed by atoms with E-state index in [0.717, 1.165) is 0 Å². The van der Waals surface area contributed by atoms with Gasteiger partial charge in [0.15, 0.2) is 0 Å². The van der Waals surface area contributed by atoms with Gasteiger partial charge in [0.2, 0.25) is 5.91 Å². The van der Waals surface area contributed by atoms with E-state index in [1.807, 2.05) is 0 Å². The maximum atomic E-state index is 11.4. The molecule has 6 heteroatoms. The Morgan fingerprint density at radius 2 is 2.14 bits per heavy atom. The van der Waals surface area contributed by atoms with Gasteiger partial charge in [-0.15, -0.1) is 0 Å². The van der Waals surface area contributed by atoms with Gasteiger partial charge in [0.25, 0.3) is 0 Å². The van der Waals surface area contributed by atoms with E-state index < -0.39 is 18.1 Å². The zero-order valence-corrected chi connectivity index (χ0v) is 7.72. The third kappa shape index (κ3) is 2.21. The molecule has 0 radical (unpaired) electrons. The van der Waals surface area contributed by atoms with Crippen LogP contribution in [0.25, 0.3) is 0 Å². The van der Waals surface area contributed by atoms with Gasteiger partial charge < -0.3 is 20.8 Å². The topological polar surface area (TPSA) is 104 Å². The van der Waals surface area contributed by atoms with Crippen LogP contribution in [0.3, 0.4) is 0 Å². The normalized spacial score (nSPS) is 26.6. The van der Waals surface area contributed by atoms with Crippen molar-refractivity contribution in [1.82, 2.24) is 4.90 Å². The first-order chi connectivity index (χ1) is 6.56. The molecule has 0 spiro atoms. The van der Waals surface area contributed by atoms with Crippen molar-refractivity contribution in [2.45, 2.75) is 25.0 Å². The van der Waals surface area contributed by atoms with E-state index in [4.69, 9.17) is 10.8 Å². The van der Waals surface area contributed by atoms with Crippen LogP contribution < -0.4 is 5.73 Å². The van der Waals surface area contributed by atoms with Crippen LogP contribution in [0, 0.1) is 0 Å². The molecule has 0 aromatic heterocycles. The van der Waals surface area contributed by atoms with Crippen molar-refractivity contribution in [3.8, 4) is 0 Å². The molecule has 6 nitrogen and oxygen atoms in total. The number of carbonyl (C=O) groups excluding carboxylic acids is 1. The van der Waals surface area contributed by atoms with E-state index in [0.29, 0.717) is 0 Å². The molecular formula is C8H14N2O4. The van der Waals surface area contributed by atoms with Gasteiger partial charge >= 0.3 is 5.97 Å². The van der Waals surface area contributed by atoms with Crippen LogP contribution in [0.2, 0.25) is 0 Å². The lowest BCUT2D eigenvalue weighted by molar-refractivity contribution is -0.148. The van der Waals surface area contributed by atoms with Crippen LogP contribution in [0.15, 0.2) is 0 Å². The number of likely N-dealkylation sites (tertiary alicyclic amines) is 1. The molecular weight excluding hydrogens is 188 g/mol. The molecule has 1 fully saturated rings. The van der Waals surface area contributed by atoms with Crippen LogP contribution in [0.4, 0.5) is 0 Å². The monoisotopic (exact) mass is 202 g/mol.